The first-order valence-corrected chi connectivity index (χ1v) is 13.2. The first kappa shape index (κ1) is 24.6. The minimum absolute atomic E-state index is 0.0289. The summed E-state index contributed by atoms with van der Waals surface area (Å²) in [5, 5.41) is 13.1. The van der Waals surface area contributed by atoms with Crippen LogP contribution in [0.2, 0.25) is 5.02 Å². The Bertz CT molecular complexity index is 1150. The van der Waals surface area contributed by atoms with Crippen LogP contribution >= 0.6 is 11.6 Å². The molecule has 0 spiro atoms. The molecule has 36 heavy (non-hydrogen) atoms. The van der Waals surface area contributed by atoms with Crippen molar-refractivity contribution in [3.63, 3.8) is 0 Å². The lowest BCUT2D eigenvalue weighted by Crippen LogP contribution is -2.45. The third-order valence-electron chi connectivity index (χ3n) is 8.14. The third-order valence-corrected chi connectivity index (χ3v) is 8.39. The fraction of sp³-hybridized carbons (Fsp3) is 0.500. The summed E-state index contributed by atoms with van der Waals surface area (Å²) in [6, 6.07) is 13.6. The van der Waals surface area contributed by atoms with Gasteiger partial charge in [-0.1, -0.05) is 30.7 Å². The van der Waals surface area contributed by atoms with E-state index in [0.29, 0.717) is 43.3 Å². The molecule has 188 valence electrons. The molecule has 7 nitrogen and oxygen atoms in total. The van der Waals surface area contributed by atoms with E-state index < -0.39 is 0 Å². The number of carbonyl (C=O) groups is 2. The highest BCUT2D eigenvalue weighted by Crippen LogP contribution is 2.47. The zero-order valence-electron chi connectivity index (χ0n) is 20.6. The van der Waals surface area contributed by atoms with Gasteiger partial charge >= 0.3 is 0 Å². The summed E-state index contributed by atoms with van der Waals surface area (Å²) < 4.78 is 0. The van der Waals surface area contributed by atoms with Crippen molar-refractivity contribution in [3.05, 3.63) is 58.7 Å². The molecule has 2 saturated heterocycles. The number of likely N-dealkylation sites (tertiary alicyclic amines) is 2. The van der Waals surface area contributed by atoms with E-state index in [0.717, 1.165) is 31.5 Å². The molecular formula is C28H32ClN5O2. The smallest absolute Gasteiger partial charge is 0.228 e. The highest BCUT2D eigenvalue weighted by atomic mass is 35.5. The number of halogens is 1. The maximum atomic E-state index is 13.5. The molecule has 2 aliphatic heterocycles. The Morgan fingerprint density at radius 2 is 1.83 bits per heavy atom. The standard InChI is InChI=1S/C28H32ClN5O2/c1-28(10-11-28)27(36)33-12-8-21(9-13-33)26(35)34-17-22(16-32-25-7-2-19(14-30)15-31-25)24(18-34)20-3-5-23(29)6-4-20/h2-7,15,21-22,24H,8-13,16-18H2,1H3,(H,31,32)/t22-,24+/m0/s1. The highest BCUT2D eigenvalue weighted by Gasteiger charge is 2.48. The largest absolute Gasteiger partial charge is 0.370 e. The van der Waals surface area contributed by atoms with Crippen LogP contribution in [0.25, 0.3) is 0 Å². The summed E-state index contributed by atoms with van der Waals surface area (Å²) in [7, 11) is 0. The van der Waals surface area contributed by atoms with Crippen molar-refractivity contribution >= 4 is 29.2 Å². The second-order valence-electron chi connectivity index (χ2n) is 10.7. The zero-order valence-corrected chi connectivity index (χ0v) is 21.4. The first-order chi connectivity index (χ1) is 17.4. The van der Waals surface area contributed by atoms with Crippen molar-refractivity contribution in [1.82, 2.24) is 14.8 Å². The second kappa shape index (κ2) is 10.1. The molecule has 1 N–H and O–H groups in total. The molecule has 2 aromatic rings. The van der Waals surface area contributed by atoms with Gasteiger partial charge in [0.25, 0.3) is 0 Å². The number of nitrogens with zero attached hydrogens (tertiary/aromatic N) is 4. The average molecular weight is 506 g/mol. The molecule has 0 bridgehead atoms. The maximum Gasteiger partial charge on any atom is 0.228 e. The number of pyridine rings is 1. The summed E-state index contributed by atoms with van der Waals surface area (Å²) >= 11 is 6.13. The summed E-state index contributed by atoms with van der Waals surface area (Å²) in [4.78, 5) is 34.6. The number of hydrogen-bond donors (Lipinski definition) is 1. The molecule has 3 fully saturated rings. The van der Waals surface area contributed by atoms with Crippen LogP contribution < -0.4 is 5.32 Å². The van der Waals surface area contributed by atoms with Crippen molar-refractivity contribution in [1.29, 1.82) is 5.26 Å². The van der Waals surface area contributed by atoms with E-state index >= 15 is 0 Å². The number of carbonyl (C=O) groups excluding carboxylic acids is 2. The molecule has 1 aromatic heterocycles. The van der Waals surface area contributed by atoms with E-state index in [-0.39, 0.29) is 35.0 Å². The van der Waals surface area contributed by atoms with E-state index in [1.807, 2.05) is 28.0 Å². The molecule has 3 aliphatic rings. The molecule has 2 amide bonds. The van der Waals surface area contributed by atoms with Crippen LogP contribution in [0.4, 0.5) is 5.82 Å². The minimum atomic E-state index is -0.151. The molecule has 8 heteroatoms. The summed E-state index contributed by atoms with van der Waals surface area (Å²) in [6.07, 6.45) is 5.00. The summed E-state index contributed by atoms with van der Waals surface area (Å²) in [5.74, 6) is 1.56. The predicted octanol–water partition coefficient (Wildman–Crippen LogP) is 4.30. The van der Waals surface area contributed by atoms with Crippen molar-refractivity contribution < 1.29 is 9.59 Å². The van der Waals surface area contributed by atoms with Gasteiger partial charge < -0.3 is 15.1 Å². The SMILES string of the molecule is CC1(C(=O)N2CCC(C(=O)N3C[C@H](CNc4ccc(C#N)cn4)[C@@H](c4ccc(Cl)cc4)C3)CC2)CC1. The van der Waals surface area contributed by atoms with Crippen LogP contribution in [0.3, 0.4) is 0 Å². The van der Waals surface area contributed by atoms with Gasteiger partial charge in [-0.25, -0.2) is 4.98 Å². The number of benzene rings is 1. The average Bonchev–Trinajstić information content (AvgIpc) is 3.52. The van der Waals surface area contributed by atoms with Crippen molar-refractivity contribution in [2.45, 2.75) is 38.5 Å². The zero-order chi connectivity index (χ0) is 25.3. The number of piperidine rings is 1. The Balaban J connectivity index is 1.24. The van der Waals surface area contributed by atoms with Gasteiger partial charge in [0.2, 0.25) is 11.8 Å². The number of anilines is 1. The molecule has 1 saturated carbocycles. The Morgan fingerprint density at radius 3 is 2.44 bits per heavy atom. The molecule has 3 heterocycles. The van der Waals surface area contributed by atoms with Gasteiger partial charge in [-0.3, -0.25) is 9.59 Å². The van der Waals surface area contributed by atoms with Gasteiger partial charge in [0, 0.05) is 67.1 Å². The molecule has 5 rings (SSSR count). The quantitative estimate of drug-likeness (QED) is 0.632. The lowest BCUT2D eigenvalue weighted by Gasteiger charge is -2.34. The Labute approximate surface area is 217 Å². The van der Waals surface area contributed by atoms with Crippen LogP contribution in [-0.2, 0) is 9.59 Å². The number of rotatable bonds is 6. The maximum absolute atomic E-state index is 13.5. The molecule has 1 aromatic carbocycles. The number of nitrogens with one attached hydrogen (secondary N) is 1. The number of amides is 2. The van der Waals surface area contributed by atoms with Crippen LogP contribution in [0.15, 0.2) is 42.6 Å². The lowest BCUT2D eigenvalue weighted by atomic mass is 9.89. The normalized spacial score (nSPS) is 23.2. The van der Waals surface area contributed by atoms with Crippen LogP contribution in [0.5, 0.6) is 0 Å². The van der Waals surface area contributed by atoms with E-state index in [9.17, 15) is 9.59 Å². The Morgan fingerprint density at radius 1 is 1.11 bits per heavy atom. The van der Waals surface area contributed by atoms with Crippen LogP contribution in [-0.4, -0.2) is 59.3 Å². The summed E-state index contributed by atoms with van der Waals surface area (Å²) in [6.45, 7) is 5.41. The molecular weight excluding hydrogens is 474 g/mol. The number of aromatic nitrogens is 1. The Kier molecular flexibility index (Phi) is 6.90. The predicted molar refractivity (Wildman–Crippen MR) is 138 cm³/mol. The molecule has 0 radical (unpaired) electrons. The van der Waals surface area contributed by atoms with E-state index in [1.165, 1.54) is 5.56 Å². The van der Waals surface area contributed by atoms with Gasteiger partial charge in [0.15, 0.2) is 0 Å². The fourth-order valence-corrected chi connectivity index (χ4v) is 5.64. The Hall–Kier alpha value is -3.11. The van der Waals surface area contributed by atoms with Crippen LogP contribution in [0, 0.1) is 28.6 Å². The van der Waals surface area contributed by atoms with Gasteiger partial charge in [-0.05, 0) is 55.5 Å². The van der Waals surface area contributed by atoms with E-state index in [4.69, 9.17) is 16.9 Å². The van der Waals surface area contributed by atoms with Crippen molar-refractivity contribution in [2.75, 3.05) is 38.0 Å². The molecule has 0 unspecified atom stereocenters. The fourth-order valence-electron chi connectivity index (χ4n) is 5.52. The van der Waals surface area contributed by atoms with E-state index in [2.05, 4.69) is 35.4 Å². The monoisotopic (exact) mass is 505 g/mol. The molecule has 1 aliphatic carbocycles. The van der Waals surface area contributed by atoms with Gasteiger partial charge in [-0.2, -0.15) is 5.26 Å². The third kappa shape index (κ3) is 5.19. The van der Waals surface area contributed by atoms with Crippen molar-refractivity contribution in [3.8, 4) is 6.07 Å². The summed E-state index contributed by atoms with van der Waals surface area (Å²) in [5.41, 5.74) is 1.55. The van der Waals surface area contributed by atoms with Gasteiger partial charge in [0.1, 0.15) is 11.9 Å². The minimum Gasteiger partial charge on any atom is -0.370 e. The van der Waals surface area contributed by atoms with Gasteiger partial charge in [-0.15, -0.1) is 0 Å². The molecule has 2 atom stereocenters. The highest BCUT2D eigenvalue weighted by molar-refractivity contribution is 6.30. The van der Waals surface area contributed by atoms with Gasteiger partial charge in [0.05, 0.1) is 5.56 Å². The van der Waals surface area contributed by atoms with Crippen molar-refractivity contribution in [2.24, 2.45) is 17.3 Å². The number of nitriles is 1. The van der Waals surface area contributed by atoms with E-state index in [1.54, 1.807) is 12.3 Å². The topological polar surface area (TPSA) is 89.3 Å². The lowest BCUT2D eigenvalue weighted by molar-refractivity contribution is -0.142. The first-order valence-electron chi connectivity index (χ1n) is 12.8. The number of hydrogen-bond acceptors (Lipinski definition) is 5. The second-order valence-corrected chi connectivity index (χ2v) is 11.1. The van der Waals surface area contributed by atoms with Crippen LogP contribution in [0.1, 0.15) is 49.7 Å².